The molecule has 0 spiro atoms. The number of hydrogen-bond donors (Lipinski definition) is 1. The Balaban J connectivity index is 1.59. The van der Waals surface area contributed by atoms with Crippen molar-refractivity contribution in [2.24, 2.45) is 0 Å². The Labute approximate surface area is 255 Å². The first-order chi connectivity index (χ1) is 20.8. The number of fused-ring (bicyclic) bond motifs is 1. The lowest BCUT2D eigenvalue weighted by Gasteiger charge is -2.32. The van der Waals surface area contributed by atoms with Crippen molar-refractivity contribution in [2.45, 2.75) is 31.8 Å². The van der Waals surface area contributed by atoms with Gasteiger partial charge in [-0.2, -0.15) is 0 Å². The average Bonchev–Trinajstić information content (AvgIpc) is 3.26. The fourth-order valence-electron chi connectivity index (χ4n) is 5.46. The second-order valence-corrected chi connectivity index (χ2v) is 10.5. The third kappa shape index (κ3) is 5.77. The van der Waals surface area contributed by atoms with E-state index in [2.05, 4.69) is 5.32 Å². The summed E-state index contributed by atoms with van der Waals surface area (Å²) in [6, 6.07) is 30.0. The summed E-state index contributed by atoms with van der Waals surface area (Å²) in [5, 5.41) is 3.29. The number of benzene rings is 4. The molecule has 1 N–H and O–H groups in total. The monoisotopic (exact) mass is 597 g/mol. The van der Waals surface area contributed by atoms with Gasteiger partial charge in [0.15, 0.2) is 0 Å². The maximum Gasteiger partial charge on any atom is 0.292 e. The Morgan fingerprint density at radius 3 is 2.09 bits per heavy atom. The average molecular weight is 598 g/mol. The van der Waals surface area contributed by atoms with E-state index < -0.39 is 29.6 Å². The highest BCUT2D eigenvalue weighted by Gasteiger charge is 2.53. The van der Waals surface area contributed by atoms with Crippen LogP contribution < -0.4 is 15.1 Å². The highest BCUT2D eigenvalue weighted by molar-refractivity contribution is 6.31. The molecule has 1 aliphatic heterocycles. The maximum absolute atomic E-state index is 13.9. The molecule has 1 unspecified atom stereocenters. The second-order valence-electron chi connectivity index (χ2n) is 10.1. The molecule has 43 heavy (non-hydrogen) atoms. The lowest BCUT2D eigenvalue weighted by Crippen LogP contribution is -2.44. The Kier molecular flexibility index (Phi) is 8.92. The van der Waals surface area contributed by atoms with Gasteiger partial charge in [-0.05, 0) is 35.4 Å². The predicted molar refractivity (Wildman–Crippen MR) is 165 cm³/mol. The fourth-order valence-corrected chi connectivity index (χ4v) is 5.70. The smallest absolute Gasteiger partial charge is 0.292 e. The van der Waals surface area contributed by atoms with Crippen LogP contribution in [0.4, 0.5) is 11.4 Å². The molecular weight excluding hydrogens is 566 g/mol. The van der Waals surface area contributed by atoms with Crippen molar-refractivity contribution in [1.29, 1.82) is 0 Å². The molecule has 8 nitrogen and oxygen atoms in total. The molecule has 4 aromatic carbocycles. The van der Waals surface area contributed by atoms with Gasteiger partial charge in [0.05, 0.1) is 12.2 Å². The Bertz CT molecular complexity index is 1630. The maximum atomic E-state index is 13.9. The largest absolute Gasteiger partial charge is 0.350 e. The summed E-state index contributed by atoms with van der Waals surface area (Å²) in [7, 11) is 2.80. The lowest BCUT2D eigenvalue weighted by atomic mass is 10.0. The fraction of sp³-hybridized carbons (Fsp3) is 0.206. The Morgan fingerprint density at radius 1 is 0.884 bits per heavy atom. The van der Waals surface area contributed by atoms with E-state index >= 15 is 0 Å². The van der Waals surface area contributed by atoms with E-state index in [0.29, 0.717) is 34.1 Å². The van der Waals surface area contributed by atoms with Crippen LogP contribution in [0.3, 0.4) is 0 Å². The topological polar surface area (TPSA) is 88.2 Å². The number of nitrogens with one attached hydrogen (secondary N) is 1. The molecule has 0 saturated carbocycles. The van der Waals surface area contributed by atoms with Crippen LogP contribution >= 0.6 is 11.6 Å². The van der Waals surface area contributed by atoms with Gasteiger partial charge in [-0.3, -0.25) is 19.3 Å². The third-order valence-electron chi connectivity index (χ3n) is 7.54. The van der Waals surface area contributed by atoms with Crippen LogP contribution in [0.5, 0.6) is 0 Å². The van der Waals surface area contributed by atoms with E-state index in [1.807, 2.05) is 60.7 Å². The van der Waals surface area contributed by atoms with E-state index in [-0.39, 0.29) is 6.54 Å². The number of carbonyl (C=O) groups excluding carboxylic acids is 3. The van der Waals surface area contributed by atoms with Gasteiger partial charge >= 0.3 is 0 Å². The van der Waals surface area contributed by atoms with Crippen molar-refractivity contribution in [1.82, 2.24) is 5.32 Å². The molecular formula is C34H32ClN3O5. The molecule has 0 fully saturated rings. The molecule has 0 saturated heterocycles. The van der Waals surface area contributed by atoms with Gasteiger partial charge in [0, 0.05) is 49.5 Å². The number of nitrogens with zero attached hydrogens (tertiary/aromatic N) is 2. The molecule has 0 aliphatic carbocycles. The zero-order valence-electron chi connectivity index (χ0n) is 24.1. The molecule has 0 aromatic heterocycles. The zero-order chi connectivity index (χ0) is 30.6. The van der Waals surface area contributed by atoms with Crippen LogP contribution in [-0.4, -0.2) is 31.9 Å². The normalized spacial score (nSPS) is 14.2. The minimum Gasteiger partial charge on any atom is -0.350 e. The van der Waals surface area contributed by atoms with Crippen LogP contribution in [0.15, 0.2) is 103 Å². The first kappa shape index (κ1) is 30.0. The van der Waals surface area contributed by atoms with Crippen molar-refractivity contribution in [3.63, 3.8) is 0 Å². The summed E-state index contributed by atoms with van der Waals surface area (Å²) in [5.74, 6) is -2.95. The third-order valence-corrected chi connectivity index (χ3v) is 7.89. The van der Waals surface area contributed by atoms with Gasteiger partial charge in [0.2, 0.25) is 11.8 Å². The summed E-state index contributed by atoms with van der Waals surface area (Å²) in [4.78, 5) is 44.1. The molecule has 4 aromatic rings. The van der Waals surface area contributed by atoms with Gasteiger partial charge in [-0.15, -0.1) is 0 Å². The Hall–Kier alpha value is -4.50. The van der Waals surface area contributed by atoms with Gasteiger partial charge in [0.25, 0.3) is 11.7 Å². The van der Waals surface area contributed by atoms with Crippen LogP contribution in [-0.2, 0) is 42.7 Å². The van der Waals surface area contributed by atoms with E-state index in [1.54, 1.807) is 47.4 Å². The van der Waals surface area contributed by atoms with Crippen molar-refractivity contribution >= 4 is 40.7 Å². The molecule has 1 aliphatic rings. The number of anilines is 2. The van der Waals surface area contributed by atoms with Crippen LogP contribution in [0, 0.1) is 0 Å². The summed E-state index contributed by atoms with van der Waals surface area (Å²) >= 11 is 6.61. The molecule has 1 heterocycles. The standard InChI is InChI=1S/C34H32ClN3O5/c1-23(39)38(31(27-16-10-11-17-29(27)35)32(40)36-21-24-12-6-4-7-13-24)26-18-19-30-28(20-26)34(42-2,43-3)33(41)37(30)22-25-14-8-5-9-15-25/h4-20,31H,21-22H2,1-3H3,(H,36,40). The molecule has 5 rings (SSSR count). The predicted octanol–water partition coefficient (Wildman–Crippen LogP) is 5.74. The van der Waals surface area contributed by atoms with Gasteiger partial charge in [0.1, 0.15) is 6.04 Å². The van der Waals surface area contributed by atoms with Crippen LogP contribution in [0.1, 0.15) is 35.2 Å². The minimum absolute atomic E-state index is 0.260. The van der Waals surface area contributed by atoms with Gasteiger partial charge < -0.3 is 19.7 Å². The number of ether oxygens (including phenoxy) is 2. The summed E-state index contributed by atoms with van der Waals surface area (Å²) in [5.41, 5.74) is 3.66. The Morgan fingerprint density at radius 2 is 1.49 bits per heavy atom. The number of hydrogen-bond acceptors (Lipinski definition) is 5. The molecule has 0 radical (unpaired) electrons. The summed E-state index contributed by atoms with van der Waals surface area (Å²) in [6.45, 7) is 1.94. The first-order valence-corrected chi connectivity index (χ1v) is 14.1. The minimum atomic E-state index is -1.74. The van der Waals surface area contributed by atoms with Crippen molar-refractivity contribution in [3.05, 3.63) is 130 Å². The molecule has 220 valence electrons. The van der Waals surface area contributed by atoms with Gasteiger partial charge in [-0.25, -0.2) is 0 Å². The summed E-state index contributed by atoms with van der Waals surface area (Å²) < 4.78 is 11.5. The van der Waals surface area contributed by atoms with Crippen molar-refractivity contribution in [3.8, 4) is 0 Å². The van der Waals surface area contributed by atoms with Crippen LogP contribution in [0.25, 0.3) is 0 Å². The molecule has 3 amide bonds. The summed E-state index contributed by atoms with van der Waals surface area (Å²) in [6.07, 6.45) is 0. The van der Waals surface area contributed by atoms with Crippen molar-refractivity contribution in [2.75, 3.05) is 24.0 Å². The number of methoxy groups -OCH3 is 2. The van der Waals surface area contributed by atoms with E-state index in [0.717, 1.165) is 11.1 Å². The molecule has 0 bridgehead atoms. The van der Waals surface area contributed by atoms with Gasteiger partial charge in [-0.1, -0.05) is 90.5 Å². The van der Waals surface area contributed by atoms with Crippen LogP contribution in [0.2, 0.25) is 5.02 Å². The highest BCUT2D eigenvalue weighted by atomic mass is 35.5. The SMILES string of the molecule is COC1(OC)C(=O)N(Cc2ccccc2)c2ccc(N(C(C)=O)C(C(=O)NCc3ccccc3)c3ccccc3Cl)cc21. The number of halogens is 1. The van der Waals surface area contributed by atoms with Crippen molar-refractivity contribution < 1.29 is 23.9 Å². The molecule has 9 heteroatoms. The van der Waals surface area contributed by atoms with E-state index in [1.165, 1.54) is 26.0 Å². The number of rotatable bonds is 10. The number of carbonyl (C=O) groups is 3. The lowest BCUT2D eigenvalue weighted by molar-refractivity contribution is -0.209. The molecule has 1 atom stereocenters. The van der Waals surface area contributed by atoms with E-state index in [4.69, 9.17) is 21.1 Å². The quantitative estimate of drug-likeness (QED) is 0.235. The van der Waals surface area contributed by atoms with E-state index in [9.17, 15) is 14.4 Å². The highest BCUT2D eigenvalue weighted by Crippen LogP contribution is 2.46. The second kappa shape index (κ2) is 12.8. The first-order valence-electron chi connectivity index (χ1n) is 13.8. The number of amides is 3. The zero-order valence-corrected chi connectivity index (χ0v) is 24.9.